The van der Waals surface area contributed by atoms with Crippen LogP contribution >= 0.6 is 27.7 Å². The fourth-order valence-corrected chi connectivity index (χ4v) is 5.61. The number of hydrogen-bond donors (Lipinski definition) is 0. The Kier molecular flexibility index (Phi) is 5.39. The number of rotatable bonds is 4. The van der Waals surface area contributed by atoms with Gasteiger partial charge in [-0.25, -0.2) is 10.0 Å². The lowest BCUT2D eigenvalue weighted by atomic mass is 9.96. The molecule has 0 N–H and O–H groups in total. The summed E-state index contributed by atoms with van der Waals surface area (Å²) in [4.78, 5) is 11.7. The SMILES string of the molecule is CCC1=NN(c2ccccc2)C2(SC(C(C)=O)=NN2c2ccc(Br)cc2)c2ccccc21. The number of hydrazone groups is 2. The lowest BCUT2D eigenvalue weighted by Gasteiger charge is -2.47. The van der Waals surface area contributed by atoms with Crippen LogP contribution in [0.25, 0.3) is 0 Å². The summed E-state index contributed by atoms with van der Waals surface area (Å²) in [5.41, 5.74) is 4.95. The third kappa shape index (κ3) is 3.27. The molecular weight excluding hydrogens is 484 g/mol. The van der Waals surface area contributed by atoms with Gasteiger partial charge in [-0.15, -0.1) is 0 Å². The molecule has 0 bridgehead atoms. The minimum absolute atomic E-state index is 0.0650. The van der Waals surface area contributed by atoms with Crippen LogP contribution in [-0.4, -0.2) is 16.5 Å². The van der Waals surface area contributed by atoms with E-state index in [9.17, 15) is 4.79 Å². The summed E-state index contributed by atoms with van der Waals surface area (Å²) >= 11 is 4.96. The fraction of sp³-hybridized carbons (Fsp3) is 0.160. The second-order valence-corrected chi connectivity index (χ2v) is 9.63. The zero-order valence-electron chi connectivity index (χ0n) is 17.7. The van der Waals surface area contributed by atoms with E-state index < -0.39 is 4.99 Å². The van der Waals surface area contributed by atoms with Crippen LogP contribution in [0, 0.1) is 0 Å². The van der Waals surface area contributed by atoms with Gasteiger partial charge in [-0.1, -0.05) is 65.3 Å². The van der Waals surface area contributed by atoms with Crippen molar-refractivity contribution in [3.05, 3.63) is 94.5 Å². The van der Waals surface area contributed by atoms with E-state index in [0.717, 1.165) is 39.1 Å². The van der Waals surface area contributed by atoms with E-state index in [-0.39, 0.29) is 5.78 Å². The summed E-state index contributed by atoms with van der Waals surface area (Å²) in [5, 5.41) is 14.4. The number of thioether (sulfide) groups is 1. The van der Waals surface area contributed by atoms with Crippen molar-refractivity contribution in [1.29, 1.82) is 0 Å². The summed E-state index contributed by atoms with van der Waals surface area (Å²) in [5.74, 6) is -0.0650. The van der Waals surface area contributed by atoms with Crippen molar-refractivity contribution in [2.75, 3.05) is 10.0 Å². The Labute approximate surface area is 199 Å². The zero-order valence-corrected chi connectivity index (χ0v) is 20.1. The Morgan fingerprint density at radius 3 is 2.22 bits per heavy atom. The molecule has 0 aromatic heterocycles. The van der Waals surface area contributed by atoms with E-state index in [1.807, 2.05) is 76.7 Å². The van der Waals surface area contributed by atoms with Crippen LogP contribution in [0.15, 0.2) is 93.5 Å². The molecule has 0 aliphatic carbocycles. The van der Waals surface area contributed by atoms with Crippen LogP contribution in [0.2, 0.25) is 0 Å². The number of nitrogens with zero attached hydrogens (tertiary/aromatic N) is 4. The van der Waals surface area contributed by atoms with Crippen molar-refractivity contribution in [3.63, 3.8) is 0 Å². The topological polar surface area (TPSA) is 48.3 Å². The highest BCUT2D eigenvalue weighted by atomic mass is 79.9. The number of carbonyl (C=O) groups excluding carboxylic acids is 1. The van der Waals surface area contributed by atoms with Crippen LogP contribution in [0.5, 0.6) is 0 Å². The summed E-state index contributed by atoms with van der Waals surface area (Å²) in [6.07, 6.45) is 0.791. The number of carbonyl (C=O) groups is 1. The average molecular weight is 505 g/mol. The molecule has 2 heterocycles. The second-order valence-electron chi connectivity index (χ2n) is 7.55. The van der Waals surface area contributed by atoms with E-state index in [1.165, 1.54) is 11.8 Å². The molecule has 1 atom stereocenters. The molecule has 1 unspecified atom stereocenters. The maximum Gasteiger partial charge on any atom is 0.234 e. The highest BCUT2D eigenvalue weighted by Gasteiger charge is 2.55. The molecule has 5 rings (SSSR count). The van der Waals surface area contributed by atoms with Gasteiger partial charge in [0.25, 0.3) is 0 Å². The van der Waals surface area contributed by atoms with Crippen molar-refractivity contribution in [2.45, 2.75) is 25.3 Å². The van der Waals surface area contributed by atoms with E-state index in [2.05, 4.69) is 35.0 Å². The number of fused-ring (bicyclic) bond motifs is 2. The number of hydrogen-bond acceptors (Lipinski definition) is 6. The summed E-state index contributed by atoms with van der Waals surface area (Å²) in [7, 11) is 0. The summed E-state index contributed by atoms with van der Waals surface area (Å²) in [6.45, 7) is 3.68. The molecule has 0 radical (unpaired) electrons. The van der Waals surface area contributed by atoms with Crippen LogP contribution in [0.1, 0.15) is 31.4 Å². The standard InChI is InChI=1S/C25H21BrN4OS/c1-3-23-21-11-7-8-12-22(21)25(29(27-23)19-9-5-4-6-10-19)30(28-24(32-25)17(2)31)20-15-13-18(26)14-16-20/h4-16H,3H2,1-2H3. The van der Waals surface area contributed by atoms with Crippen LogP contribution in [-0.2, 0) is 9.79 Å². The molecular formula is C25H21BrN4OS. The van der Waals surface area contributed by atoms with Gasteiger partial charge in [-0.3, -0.25) is 4.79 Å². The van der Waals surface area contributed by atoms with Gasteiger partial charge < -0.3 is 0 Å². The predicted molar refractivity (Wildman–Crippen MR) is 136 cm³/mol. The normalized spacial score (nSPS) is 19.6. The van der Waals surface area contributed by atoms with Crippen molar-refractivity contribution in [3.8, 4) is 0 Å². The van der Waals surface area contributed by atoms with Gasteiger partial charge in [0.1, 0.15) is 0 Å². The first-order chi connectivity index (χ1) is 15.5. The van der Waals surface area contributed by atoms with Gasteiger partial charge in [0.05, 0.1) is 17.1 Å². The quantitative estimate of drug-likeness (QED) is 0.415. The molecule has 3 aromatic rings. The molecule has 160 valence electrons. The van der Waals surface area contributed by atoms with Gasteiger partial charge in [0.15, 0.2) is 10.8 Å². The highest BCUT2D eigenvalue weighted by molar-refractivity contribution is 9.10. The fourth-order valence-electron chi connectivity index (χ4n) is 4.05. The van der Waals surface area contributed by atoms with Gasteiger partial charge >= 0.3 is 0 Å². The first kappa shape index (κ1) is 21.0. The second kappa shape index (κ2) is 8.22. The Balaban J connectivity index is 1.81. The average Bonchev–Trinajstić information content (AvgIpc) is 3.22. The minimum Gasteiger partial charge on any atom is -0.292 e. The molecule has 1 spiro atoms. The molecule has 0 saturated carbocycles. The van der Waals surface area contributed by atoms with E-state index in [1.54, 1.807) is 6.92 Å². The Bertz CT molecular complexity index is 1240. The number of benzene rings is 3. The molecule has 32 heavy (non-hydrogen) atoms. The maximum atomic E-state index is 12.5. The van der Waals surface area contributed by atoms with Crippen molar-refractivity contribution in [2.24, 2.45) is 10.2 Å². The van der Waals surface area contributed by atoms with Crippen molar-refractivity contribution < 1.29 is 4.79 Å². The largest absolute Gasteiger partial charge is 0.292 e. The minimum atomic E-state index is -0.870. The Morgan fingerprint density at radius 1 is 0.906 bits per heavy atom. The van der Waals surface area contributed by atoms with E-state index >= 15 is 0 Å². The molecule has 2 aliphatic rings. The zero-order chi connectivity index (χ0) is 22.3. The molecule has 0 saturated heterocycles. The van der Waals surface area contributed by atoms with Crippen LogP contribution in [0.3, 0.4) is 0 Å². The first-order valence-corrected chi connectivity index (χ1v) is 12.0. The predicted octanol–water partition coefficient (Wildman–Crippen LogP) is 6.35. The number of halogens is 1. The maximum absolute atomic E-state index is 12.5. The molecule has 3 aromatic carbocycles. The van der Waals surface area contributed by atoms with Gasteiger partial charge in [-0.2, -0.15) is 10.2 Å². The smallest absolute Gasteiger partial charge is 0.234 e. The number of ketones is 1. The number of Topliss-reactive ketones (excluding diaryl/α,β-unsaturated/α-hetero) is 1. The van der Waals surface area contributed by atoms with E-state index in [0.29, 0.717) is 5.04 Å². The van der Waals surface area contributed by atoms with Crippen LogP contribution in [0.4, 0.5) is 11.4 Å². The summed E-state index contributed by atoms with van der Waals surface area (Å²) < 4.78 is 0.980. The van der Waals surface area contributed by atoms with Crippen molar-refractivity contribution in [1.82, 2.24) is 0 Å². The highest BCUT2D eigenvalue weighted by Crippen LogP contribution is 2.54. The Hall–Kier alpha value is -2.90. The van der Waals surface area contributed by atoms with Gasteiger partial charge in [0, 0.05) is 22.5 Å². The lowest BCUT2D eigenvalue weighted by molar-refractivity contribution is -0.110. The Morgan fingerprint density at radius 2 is 1.53 bits per heavy atom. The monoisotopic (exact) mass is 504 g/mol. The molecule has 0 amide bonds. The molecule has 5 nitrogen and oxygen atoms in total. The van der Waals surface area contributed by atoms with Crippen molar-refractivity contribution >= 4 is 55.6 Å². The number of anilines is 2. The first-order valence-electron chi connectivity index (χ1n) is 10.4. The molecule has 7 heteroatoms. The summed E-state index contributed by atoms with van der Waals surface area (Å²) in [6, 6.07) is 26.3. The molecule has 2 aliphatic heterocycles. The third-order valence-corrected chi connectivity index (χ3v) is 7.46. The van der Waals surface area contributed by atoms with Crippen LogP contribution < -0.4 is 10.0 Å². The third-order valence-electron chi connectivity index (χ3n) is 5.52. The van der Waals surface area contributed by atoms with E-state index in [4.69, 9.17) is 10.2 Å². The molecule has 0 fully saturated rings. The number of para-hydroxylation sites is 1. The van der Waals surface area contributed by atoms with Gasteiger partial charge in [0.2, 0.25) is 4.99 Å². The van der Waals surface area contributed by atoms with Gasteiger partial charge in [-0.05, 0) is 54.6 Å². The lowest BCUT2D eigenvalue weighted by Crippen LogP contribution is -2.53.